The fourth-order valence-corrected chi connectivity index (χ4v) is 3.14. The van der Waals surface area contributed by atoms with Crippen LogP contribution in [0.2, 0.25) is 0 Å². The lowest BCUT2D eigenvalue weighted by Gasteiger charge is -2.36. The number of rotatable bonds is 4. The van der Waals surface area contributed by atoms with Crippen LogP contribution >= 0.6 is 0 Å². The van der Waals surface area contributed by atoms with Gasteiger partial charge >= 0.3 is 12.3 Å². The van der Waals surface area contributed by atoms with E-state index >= 15 is 0 Å². The number of nitrogens with zero attached hydrogens (tertiary/aromatic N) is 1. The van der Waals surface area contributed by atoms with Crippen LogP contribution in [0.5, 0.6) is 0 Å². The van der Waals surface area contributed by atoms with E-state index in [1.165, 1.54) is 18.2 Å². The first-order valence-electron chi connectivity index (χ1n) is 8.05. The summed E-state index contributed by atoms with van der Waals surface area (Å²) in [7, 11) is 0.789. The average Bonchev–Trinajstić information content (AvgIpc) is 3.04. The molecule has 0 aromatic heterocycles. The van der Waals surface area contributed by atoms with Crippen LogP contribution in [0.1, 0.15) is 17.2 Å². The van der Waals surface area contributed by atoms with E-state index < -0.39 is 35.4 Å². The van der Waals surface area contributed by atoms with Gasteiger partial charge in [-0.15, -0.1) is 0 Å². The topological polar surface area (TPSA) is 55.8 Å². The van der Waals surface area contributed by atoms with Gasteiger partial charge in [0, 0.05) is 12.7 Å². The number of carbonyl (C=O) groups excluding carboxylic acids is 2. The van der Waals surface area contributed by atoms with Crippen LogP contribution in [-0.4, -0.2) is 36.8 Å². The molecule has 2 aromatic carbocycles. The molecule has 0 bridgehead atoms. The van der Waals surface area contributed by atoms with Crippen LogP contribution in [0.3, 0.4) is 0 Å². The van der Waals surface area contributed by atoms with E-state index in [2.05, 4.69) is 0 Å². The second kappa shape index (κ2) is 7.03. The number of alkyl halides is 3. The lowest BCUT2D eigenvalue weighted by Crippen LogP contribution is -2.57. The van der Waals surface area contributed by atoms with Gasteiger partial charge in [-0.1, -0.05) is 60.7 Å². The maximum atomic E-state index is 14.1. The summed E-state index contributed by atoms with van der Waals surface area (Å²) in [4.78, 5) is 25.8. The maximum Gasteiger partial charge on any atom is 0.430 e. The van der Waals surface area contributed by atoms with Crippen molar-refractivity contribution in [2.75, 3.05) is 13.7 Å². The van der Waals surface area contributed by atoms with Crippen molar-refractivity contribution in [2.45, 2.75) is 17.8 Å². The minimum atomic E-state index is -5.11. The number of imide groups is 1. The Labute approximate surface area is 153 Å². The number of methoxy groups -OCH3 is 1. The molecule has 142 valence electrons. The van der Waals surface area contributed by atoms with E-state index in [4.69, 9.17) is 9.47 Å². The molecule has 5 nitrogen and oxygen atoms in total. The molecular formula is C19H16F3NO4. The molecular weight excluding hydrogens is 363 g/mol. The largest absolute Gasteiger partial charge is 0.446 e. The Hall–Kier alpha value is -2.87. The number of carbonyl (C=O) groups is 2. The molecule has 0 unspecified atom stereocenters. The minimum Gasteiger partial charge on any atom is -0.446 e. The van der Waals surface area contributed by atoms with Crippen molar-refractivity contribution in [1.82, 2.24) is 4.90 Å². The number of hydrogen-bond donors (Lipinski definition) is 0. The van der Waals surface area contributed by atoms with E-state index in [1.54, 1.807) is 30.3 Å². The van der Waals surface area contributed by atoms with E-state index in [1.807, 2.05) is 0 Å². The lowest BCUT2D eigenvalue weighted by atomic mass is 9.90. The SMILES string of the molecule is CO[C@](C(=O)N1C(=O)OC[C@@H]1c1ccccc1)(c1ccccc1)C(F)(F)F. The van der Waals surface area contributed by atoms with Crippen molar-refractivity contribution in [2.24, 2.45) is 0 Å². The predicted octanol–water partition coefficient (Wildman–Crippen LogP) is 3.81. The summed E-state index contributed by atoms with van der Waals surface area (Å²) in [5.41, 5.74) is -3.27. The number of benzene rings is 2. The van der Waals surface area contributed by atoms with E-state index in [0.29, 0.717) is 10.5 Å². The molecule has 1 fully saturated rings. The van der Waals surface area contributed by atoms with Gasteiger partial charge < -0.3 is 9.47 Å². The van der Waals surface area contributed by atoms with Gasteiger partial charge in [-0.05, 0) is 5.56 Å². The van der Waals surface area contributed by atoms with Crippen molar-refractivity contribution in [3.63, 3.8) is 0 Å². The summed E-state index contributed by atoms with van der Waals surface area (Å²) in [6, 6.07) is 13.8. The number of amides is 2. The van der Waals surface area contributed by atoms with Gasteiger partial charge in [0.15, 0.2) is 0 Å². The van der Waals surface area contributed by atoms with E-state index in [-0.39, 0.29) is 6.61 Å². The lowest BCUT2D eigenvalue weighted by molar-refractivity contribution is -0.269. The molecule has 0 N–H and O–H groups in total. The molecule has 2 atom stereocenters. The first-order chi connectivity index (χ1) is 12.8. The molecule has 1 aliphatic heterocycles. The highest BCUT2D eigenvalue weighted by molar-refractivity contribution is 5.99. The van der Waals surface area contributed by atoms with Gasteiger partial charge in [-0.2, -0.15) is 13.2 Å². The highest BCUT2D eigenvalue weighted by Crippen LogP contribution is 2.45. The molecule has 0 saturated carbocycles. The van der Waals surface area contributed by atoms with Crippen LogP contribution in [0.4, 0.5) is 18.0 Å². The fraction of sp³-hybridized carbons (Fsp3) is 0.263. The van der Waals surface area contributed by atoms with Crippen molar-refractivity contribution < 1.29 is 32.2 Å². The number of halogens is 3. The molecule has 3 rings (SSSR count). The Morgan fingerprint density at radius 2 is 1.63 bits per heavy atom. The van der Waals surface area contributed by atoms with Gasteiger partial charge in [0.1, 0.15) is 12.6 Å². The fourth-order valence-electron chi connectivity index (χ4n) is 3.14. The third kappa shape index (κ3) is 3.06. The predicted molar refractivity (Wildman–Crippen MR) is 88.6 cm³/mol. The molecule has 27 heavy (non-hydrogen) atoms. The molecule has 0 radical (unpaired) electrons. The van der Waals surface area contributed by atoms with Gasteiger partial charge in [0.2, 0.25) is 0 Å². The monoisotopic (exact) mass is 379 g/mol. The van der Waals surface area contributed by atoms with Crippen LogP contribution < -0.4 is 0 Å². The third-order valence-corrected chi connectivity index (χ3v) is 4.46. The molecule has 8 heteroatoms. The summed E-state index contributed by atoms with van der Waals surface area (Å²) >= 11 is 0. The van der Waals surface area contributed by atoms with Crippen LogP contribution in [0.15, 0.2) is 60.7 Å². The zero-order valence-corrected chi connectivity index (χ0v) is 14.3. The van der Waals surface area contributed by atoms with Crippen molar-refractivity contribution in [3.8, 4) is 0 Å². The van der Waals surface area contributed by atoms with Crippen molar-refractivity contribution in [1.29, 1.82) is 0 Å². The van der Waals surface area contributed by atoms with Crippen LogP contribution in [-0.2, 0) is 19.9 Å². The Morgan fingerprint density at radius 3 is 2.15 bits per heavy atom. The Balaban J connectivity index is 2.12. The summed E-state index contributed by atoms with van der Waals surface area (Å²) in [5, 5.41) is 0. The van der Waals surface area contributed by atoms with Crippen LogP contribution in [0.25, 0.3) is 0 Å². The molecule has 1 saturated heterocycles. The zero-order chi connectivity index (χ0) is 19.7. The van der Waals surface area contributed by atoms with Gasteiger partial charge in [0.25, 0.3) is 11.5 Å². The second-order valence-corrected chi connectivity index (χ2v) is 5.93. The molecule has 1 aliphatic rings. The second-order valence-electron chi connectivity index (χ2n) is 5.93. The minimum absolute atomic E-state index is 0.235. The van der Waals surface area contributed by atoms with Crippen molar-refractivity contribution >= 4 is 12.0 Å². The average molecular weight is 379 g/mol. The Morgan fingerprint density at radius 1 is 1.07 bits per heavy atom. The van der Waals surface area contributed by atoms with Gasteiger partial charge in [0.05, 0.1) is 0 Å². The summed E-state index contributed by atoms with van der Waals surface area (Å²) < 4.78 is 51.9. The van der Waals surface area contributed by atoms with E-state index in [0.717, 1.165) is 19.2 Å². The van der Waals surface area contributed by atoms with Gasteiger partial charge in [-0.3, -0.25) is 4.79 Å². The summed E-state index contributed by atoms with van der Waals surface area (Å²) in [6.45, 7) is -0.235. The number of hydrogen-bond acceptors (Lipinski definition) is 4. The Bertz CT molecular complexity index is 826. The maximum absolute atomic E-state index is 14.1. The zero-order valence-electron chi connectivity index (χ0n) is 14.3. The highest BCUT2D eigenvalue weighted by Gasteiger charge is 2.66. The quantitative estimate of drug-likeness (QED) is 0.811. The molecule has 1 heterocycles. The normalized spacial score (nSPS) is 19.5. The van der Waals surface area contributed by atoms with Crippen molar-refractivity contribution in [3.05, 3.63) is 71.8 Å². The number of ether oxygens (including phenoxy) is 2. The molecule has 0 spiro atoms. The Kier molecular flexibility index (Phi) is 4.93. The van der Waals surface area contributed by atoms with Crippen LogP contribution in [0, 0.1) is 0 Å². The highest BCUT2D eigenvalue weighted by atomic mass is 19.4. The smallest absolute Gasteiger partial charge is 0.430 e. The summed E-state index contributed by atoms with van der Waals surface area (Å²) in [5.74, 6) is -1.54. The molecule has 0 aliphatic carbocycles. The first-order valence-corrected chi connectivity index (χ1v) is 8.05. The van der Waals surface area contributed by atoms with E-state index in [9.17, 15) is 22.8 Å². The molecule has 2 amide bonds. The molecule has 2 aromatic rings. The van der Waals surface area contributed by atoms with Gasteiger partial charge in [-0.25, -0.2) is 9.69 Å². The standard InChI is InChI=1S/C19H16F3NO4/c1-26-18(19(20,21)22,14-10-6-3-7-11-14)16(24)23-15(12-27-17(23)25)13-8-4-2-5-9-13/h2-11,15H,12H2,1H3/t15-,18+/m1/s1. The summed E-state index contributed by atoms with van der Waals surface area (Å²) in [6.07, 6.45) is -6.25. The number of cyclic esters (lactones) is 1. The third-order valence-electron chi connectivity index (χ3n) is 4.46. The first kappa shape index (κ1) is 18.9.